The van der Waals surface area contributed by atoms with Crippen molar-refractivity contribution in [1.29, 1.82) is 0 Å². The van der Waals surface area contributed by atoms with Crippen LogP contribution in [0.2, 0.25) is 0 Å². The van der Waals surface area contributed by atoms with Crippen LogP contribution in [0.4, 0.5) is 0 Å². The van der Waals surface area contributed by atoms with Gasteiger partial charge in [-0.3, -0.25) is 4.31 Å². The maximum absolute atomic E-state index is 2.62. The molecule has 0 aromatic heterocycles. The minimum atomic E-state index is 0.775. The molecule has 1 fully saturated rings. The van der Waals surface area contributed by atoms with Crippen molar-refractivity contribution in [2.24, 2.45) is 0 Å². The Bertz CT molecular complexity index is 136. The fourth-order valence-electron chi connectivity index (χ4n) is 1.82. The SMILES string of the molecule is CC.CSN(C)CCC(C)N1CCCC1. The predicted octanol–water partition coefficient (Wildman–Crippen LogP) is 3.10. The van der Waals surface area contributed by atoms with Gasteiger partial charge in [0, 0.05) is 12.6 Å². The molecule has 0 saturated carbocycles. The molecule has 1 aliphatic heterocycles. The minimum Gasteiger partial charge on any atom is -0.301 e. The number of nitrogens with zero attached hydrogens (tertiary/aromatic N) is 2. The van der Waals surface area contributed by atoms with Crippen LogP contribution in [-0.4, -0.2) is 48.2 Å². The van der Waals surface area contributed by atoms with E-state index in [1.165, 1.54) is 38.9 Å². The Morgan fingerprint density at radius 1 is 1.27 bits per heavy atom. The molecule has 0 amide bonds. The largest absolute Gasteiger partial charge is 0.301 e. The topological polar surface area (TPSA) is 6.48 Å². The second kappa shape index (κ2) is 9.49. The van der Waals surface area contributed by atoms with Gasteiger partial charge in [-0.25, -0.2) is 0 Å². The summed E-state index contributed by atoms with van der Waals surface area (Å²) in [6.07, 6.45) is 6.25. The highest BCUT2D eigenvalue weighted by atomic mass is 32.2. The molecule has 0 aromatic rings. The van der Waals surface area contributed by atoms with E-state index in [9.17, 15) is 0 Å². The second-order valence-electron chi connectivity index (χ2n) is 3.91. The van der Waals surface area contributed by atoms with Crippen molar-refractivity contribution in [2.75, 3.05) is 32.9 Å². The van der Waals surface area contributed by atoms with Crippen molar-refractivity contribution in [1.82, 2.24) is 9.21 Å². The van der Waals surface area contributed by atoms with Crippen LogP contribution in [0.5, 0.6) is 0 Å². The molecule has 1 unspecified atom stereocenters. The third-order valence-corrected chi connectivity index (χ3v) is 3.74. The van der Waals surface area contributed by atoms with E-state index in [1.807, 2.05) is 25.8 Å². The molecule has 15 heavy (non-hydrogen) atoms. The van der Waals surface area contributed by atoms with Crippen LogP contribution in [0, 0.1) is 0 Å². The summed E-state index contributed by atoms with van der Waals surface area (Å²) in [5.74, 6) is 0. The molecule has 0 bridgehead atoms. The van der Waals surface area contributed by atoms with Gasteiger partial charge in [0.05, 0.1) is 0 Å². The van der Waals surface area contributed by atoms with E-state index in [0.29, 0.717) is 0 Å². The second-order valence-corrected chi connectivity index (χ2v) is 4.90. The summed E-state index contributed by atoms with van der Waals surface area (Å²) in [4.78, 5) is 2.62. The van der Waals surface area contributed by atoms with Gasteiger partial charge < -0.3 is 4.90 Å². The molecule has 0 aliphatic carbocycles. The van der Waals surface area contributed by atoms with Gasteiger partial charge in [-0.05, 0) is 52.6 Å². The normalized spacial score (nSPS) is 18.8. The van der Waals surface area contributed by atoms with Gasteiger partial charge in [0.2, 0.25) is 0 Å². The quantitative estimate of drug-likeness (QED) is 0.673. The van der Waals surface area contributed by atoms with E-state index in [2.05, 4.69) is 29.4 Å². The number of hydrogen-bond donors (Lipinski definition) is 0. The molecule has 1 saturated heterocycles. The van der Waals surface area contributed by atoms with E-state index >= 15 is 0 Å². The Morgan fingerprint density at radius 3 is 2.27 bits per heavy atom. The average Bonchev–Trinajstić information content (AvgIpc) is 2.81. The van der Waals surface area contributed by atoms with Crippen LogP contribution in [0.25, 0.3) is 0 Å². The van der Waals surface area contributed by atoms with Gasteiger partial charge in [-0.2, -0.15) is 0 Å². The van der Waals surface area contributed by atoms with Crippen LogP contribution in [0.1, 0.15) is 40.0 Å². The van der Waals surface area contributed by atoms with E-state index in [-0.39, 0.29) is 0 Å². The molecule has 1 aliphatic rings. The van der Waals surface area contributed by atoms with Gasteiger partial charge in [-0.1, -0.05) is 25.8 Å². The fraction of sp³-hybridized carbons (Fsp3) is 1.00. The lowest BCUT2D eigenvalue weighted by Gasteiger charge is -2.25. The van der Waals surface area contributed by atoms with Crippen molar-refractivity contribution in [3.05, 3.63) is 0 Å². The first kappa shape index (κ1) is 15.3. The molecule has 3 heteroatoms. The highest BCUT2D eigenvalue weighted by Crippen LogP contribution is 2.14. The smallest absolute Gasteiger partial charge is 0.0101 e. The van der Waals surface area contributed by atoms with Crippen molar-refractivity contribution >= 4 is 11.9 Å². The Balaban J connectivity index is 0.000000921. The van der Waals surface area contributed by atoms with Crippen molar-refractivity contribution < 1.29 is 0 Å². The van der Waals surface area contributed by atoms with Crippen LogP contribution in [-0.2, 0) is 0 Å². The Hall–Kier alpha value is 0.270. The fourth-order valence-corrected chi connectivity index (χ4v) is 2.11. The molecule has 1 rings (SSSR count). The van der Waals surface area contributed by atoms with E-state index in [0.717, 1.165) is 6.04 Å². The summed E-state index contributed by atoms with van der Waals surface area (Å²) >= 11 is 1.82. The van der Waals surface area contributed by atoms with Gasteiger partial charge in [0.15, 0.2) is 0 Å². The molecule has 1 heterocycles. The zero-order valence-electron chi connectivity index (χ0n) is 11.1. The Kier molecular flexibility index (Phi) is 9.66. The predicted molar refractivity (Wildman–Crippen MR) is 72.4 cm³/mol. The summed E-state index contributed by atoms with van der Waals surface area (Å²) < 4.78 is 2.31. The molecule has 0 radical (unpaired) electrons. The molecule has 1 atom stereocenters. The third kappa shape index (κ3) is 6.44. The first-order valence-electron chi connectivity index (χ1n) is 6.23. The van der Waals surface area contributed by atoms with Crippen molar-refractivity contribution in [3.63, 3.8) is 0 Å². The maximum Gasteiger partial charge on any atom is 0.0101 e. The summed E-state index contributed by atoms with van der Waals surface area (Å²) in [5.41, 5.74) is 0. The van der Waals surface area contributed by atoms with E-state index in [1.54, 1.807) is 0 Å². The summed E-state index contributed by atoms with van der Waals surface area (Å²) in [5, 5.41) is 0. The molecular formula is C12H28N2S. The third-order valence-electron chi connectivity index (χ3n) is 2.94. The molecule has 0 N–H and O–H groups in total. The van der Waals surface area contributed by atoms with Crippen LogP contribution in [0.3, 0.4) is 0 Å². The lowest BCUT2D eigenvalue weighted by molar-refractivity contribution is 0.239. The molecule has 2 nitrogen and oxygen atoms in total. The van der Waals surface area contributed by atoms with Crippen LogP contribution < -0.4 is 0 Å². The van der Waals surface area contributed by atoms with E-state index < -0.39 is 0 Å². The highest BCUT2D eigenvalue weighted by molar-refractivity contribution is 7.96. The van der Waals surface area contributed by atoms with Crippen LogP contribution >= 0.6 is 11.9 Å². The summed E-state index contributed by atoms with van der Waals surface area (Å²) in [7, 11) is 2.17. The zero-order chi connectivity index (χ0) is 11.7. The number of hydrogen-bond acceptors (Lipinski definition) is 3. The first-order valence-corrected chi connectivity index (χ1v) is 7.41. The highest BCUT2D eigenvalue weighted by Gasteiger charge is 2.17. The average molecular weight is 232 g/mol. The Labute approximate surface area is 101 Å². The van der Waals surface area contributed by atoms with Gasteiger partial charge in [-0.15, -0.1) is 0 Å². The zero-order valence-corrected chi connectivity index (χ0v) is 11.9. The van der Waals surface area contributed by atoms with Crippen molar-refractivity contribution in [2.45, 2.75) is 46.1 Å². The summed E-state index contributed by atoms with van der Waals surface area (Å²) in [6, 6.07) is 0.775. The molecule has 0 spiro atoms. The van der Waals surface area contributed by atoms with Crippen molar-refractivity contribution in [3.8, 4) is 0 Å². The maximum atomic E-state index is 2.62. The van der Waals surface area contributed by atoms with Gasteiger partial charge in [0.25, 0.3) is 0 Å². The molecular weight excluding hydrogens is 204 g/mol. The lowest BCUT2D eigenvalue weighted by atomic mass is 10.2. The first-order chi connectivity index (χ1) is 7.24. The summed E-state index contributed by atoms with van der Waals surface area (Å²) in [6.45, 7) is 10.2. The number of likely N-dealkylation sites (tertiary alicyclic amines) is 1. The standard InChI is InChI=1S/C10H22N2S.C2H6/c1-10(6-9-11(2)13-3)12-7-4-5-8-12;1-2/h10H,4-9H2,1-3H3;1-2H3. The minimum absolute atomic E-state index is 0.775. The van der Waals surface area contributed by atoms with Gasteiger partial charge >= 0.3 is 0 Å². The number of rotatable bonds is 5. The molecule has 92 valence electrons. The van der Waals surface area contributed by atoms with Crippen LogP contribution in [0.15, 0.2) is 0 Å². The monoisotopic (exact) mass is 232 g/mol. The Morgan fingerprint density at radius 2 is 1.80 bits per heavy atom. The van der Waals surface area contributed by atoms with E-state index in [4.69, 9.17) is 0 Å². The molecule has 0 aromatic carbocycles. The lowest BCUT2D eigenvalue weighted by Crippen LogP contribution is -2.32. The van der Waals surface area contributed by atoms with Gasteiger partial charge in [0.1, 0.15) is 0 Å².